The molecule has 0 fully saturated rings. The number of rotatable bonds is 6. The van der Waals surface area contributed by atoms with Gasteiger partial charge < -0.3 is 8.85 Å². The van der Waals surface area contributed by atoms with Gasteiger partial charge in [-0.1, -0.05) is 30.3 Å². The molecule has 0 aliphatic heterocycles. The molecule has 0 aromatic heterocycles. The van der Waals surface area contributed by atoms with Crippen molar-refractivity contribution in [1.82, 2.24) is 0 Å². The van der Waals surface area contributed by atoms with Crippen LogP contribution in [0.5, 0.6) is 0 Å². The van der Waals surface area contributed by atoms with E-state index in [0.717, 1.165) is 5.56 Å². The smallest absolute Gasteiger partial charge is 0.318 e. The zero-order chi connectivity index (χ0) is 17.7. The van der Waals surface area contributed by atoms with Crippen LogP contribution in [0.2, 0.25) is 39.3 Å². The second kappa shape index (κ2) is 7.92. The maximum absolute atomic E-state index is 12.5. The van der Waals surface area contributed by atoms with Crippen LogP contribution >= 0.6 is 0 Å². The van der Waals surface area contributed by atoms with Gasteiger partial charge in [0.1, 0.15) is 0 Å². The van der Waals surface area contributed by atoms with Crippen molar-refractivity contribution in [2.45, 2.75) is 58.7 Å². The fourth-order valence-electron chi connectivity index (χ4n) is 2.08. The fourth-order valence-corrected chi connectivity index (χ4v) is 3.76. The second-order valence-corrected chi connectivity index (χ2v) is 16.5. The van der Waals surface area contributed by atoms with Crippen LogP contribution in [0, 0.1) is 0 Å². The van der Waals surface area contributed by atoms with E-state index in [1.165, 1.54) is 0 Å². The number of aliphatic imine (C=N–C) groups is 1. The van der Waals surface area contributed by atoms with E-state index >= 15 is 0 Å². The van der Waals surface area contributed by atoms with Crippen molar-refractivity contribution < 1.29 is 13.6 Å². The van der Waals surface area contributed by atoms with Crippen molar-refractivity contribution in [1.29, 1.82) is 0 Å². The van der Waals surface area contributed by atoms with E-state index in [-0.39, 0.29) is 5.97 Å². The number of hydrogen-bond donors (Lipinski definition) is 0. The lowest BCUT2D eigenvalue weighted by Crippen LogP contribution is -2.36. The average Bonchev–Trinajstić information content (AvgIpc) is 2.34. The summed E-state index contributed by atoms with van der Waals surface area (Å²) < 4.78 is 11.5. The molecule has 0 radical (unpaired) electrons. The van der Waals surface area contributed by atoms with Crippen LogP contribution in [-0.4, -0.2) is 34.5 Å². The van der Waals surface area contributed by atoms with Gasteiger partial charge in [-0.2, -0.15) is 0 Å². The normalized spacial score (nSPS) is 14.3. The van der Waals surface area contributed by atoms with Gasteiger partial charge in [0.25, 0.3) is 0 Å². The Kier molecular flexibility index (Phi) is 6.76. The molecule has 0 spiro atoms. The molecule has 1 aromatic carbocycles. The summed E-state index contributed by atoms with van der Waals surface area (Å²) in [5, 5.41) is 0. The zero-order valence-electron chi connectivity index (χ0n) is 15.3. The van der Waals surface area contributed by atoms with Crippen LogP contribution < -0.4 is 0 Å². The lowest BCUT2D eigenvalue weighted by molar-refractivity contribution is -0.136. The number of hydrogen-bond acceptors (Lipinski definition) is 4. The van der Waals surface area contributed by atoms with Crippen molar-refractivity contribution >= 4 is 28.5 Å². The lowest BCUT2D eigenvalue weighted by atomic mass is 10.1. The molecular formula is C17H29NO3Si2. The third kappa shape index (κ3) is 8.71. The van der Waals surface area contributed by atoms with Crippen molar-refractivity contribution in [2.24, 2.45) is 4.99 Å². The molecule has 1 atom stereocenters. The minimum atomic E-state index is -1.95. The highest BCUT2D eigenvalue weighted by atomic mass is 28.4. The first-order valence-electron chi connectivity index (χ1n) is 7.96. The van der Waals surface area contributed by atoms with E-state index in [4.69, 9.17) is 8.85 Å². The second-order valence-electron chi connectivity index (χ2n) is 7.60. The average molecular weight is 352 g/mol. The topological polar surface area (TPSA) is 47.9 Å². The summed E-state index contributed by atoms with van der Waals surface area (Å²) in [5.74, 6) is 0.309. The molecule has 0 heterocycles. The molecule has 1 rings (SSSR count). The van der Waals surface area contributed by atoms with Crippen molar-refractivity contribution in [3.8, 4) is 0 Å². The Hall–Kier alpha value is -1.41. The van der Waals surface area contributed by atoms with Gasteiger partial charge in [-0.15, -0.1) is 0 Å². The van der Waals surface area contributed by atoms with E-state index < -0.39 is 22.7 Å². The zero-order valence-corrected chi connectivity index (χ0v) is 17.3. The highest BCUT2D eigenvalue weighted by molar-refractivity contribution is 6.71. The molecule has 23 heavy (non-hydrogen) atoms. The predicted octanol–water partition coefficient (Wildman–Crippen LogP) is 4.25. The van der Waals surface area contributed by atoms with Crippen LogP contribution in [0.3, 0.4) is 0 Å². The highest BCUT2D eigenvalue weighted by Crippen LogP contribution is 2.13. The van der Waals surface area contributed by atoms with Gasteiger partial charge in [0.15, 0.2) is 11.9 Å². The summed E-state index contributed by atoms with van der Waals surface area (Å²) in [5.41, 5.74) is 1.06. The third-order valence-electron chi connectivity index (χ3n) is 2.74. The molecule has 0 aliphatic carbocycles. The molecule has 0 saturated heterocycles. The van der Waals surface area contributed by atoms with Gasteiger partial charge in [-0.25, -0.2) is 4.99 Å². The van der Waals surface area contributed by atoms with Gasteiger partial charge in [0, 0.05) is 13.3 Å². The molecule has 0 saturated carbocycles. The van der Waals surface area contributed by atoms with Crippen LogP contribution in [0.25, 0.3) is 0 Å². The Morgan fingerprint density at radius 1 is 1.00 bits per heavy atom. The van der Waals surface area contributed by atoms with Crippen LogP contribution in [0.1, 0.15) is 12.5 Å². The number of nitrogens with zero attached hydrogens (tertiary/aromatic N) is 1. The molecular weight excluding hydrogens is 322 g/mol. The third-order valence-corrected chi connectivity index (χ3v) is 4.46. The van der Waals surface area contributed by atoms with Crippen LogP contribution in [0.15, 0.2) is 35.3 Å². The Balaban J connectivity index is 2.96. The lowest BCUT2D eigenvalue weighted by Gasteiger charge is -2.23. The Labute approximate surface area is 142 Å². The fraction of sp³-hybridized carbons (Fsp3) is 0.529. The maximum Gasteiger partial charge on any atom is 0.318 e. The molecule has 1 unspecified atom stereocenters. The van der Waals surface area contributed by atoms with Gasteiger partial charge in [0.05, 0.1) is 0 Å². The van der Waals surface area contributed by atoms with Crippen molar-refractivity contribution in [3.63, 3.8) is 0 Å². The summed E-state index contributed by atoms with van der Waals surface area (Å²) in [4.78, 5) is 17.0. The maximum atomic E-state index is 12.5. The number of benzene rings is 1. The minimum absolute atomic E-state index is 0.258. The summed E-state index contributed by atoms with van der Waals surface area (Å²) >= 11 is 0. The van der Waals surface area contributed by atoms with Crippen molar-refractivity contribution in [2.75, 3.05) is 0 Å². The predicted molar refractivity (Wildman–Crippen MR) is 101 cm³/mol. The molecule has 6 heteroatoms. The minimum Gasteiger partial charge on any atom is -0.535 e. The molecule has 4 nitrogen and oxygen atoms in total. The first-order valence-corrected chi connectivity index (χ1v) is 14.8. The number of carbonyl (C=O) groups excluding carboxylic acids is 1. The molecule has 128 valence electrons. The summed E-state index contributed by atoms with van der Waals surface area (Å²) in [6.45, 7) is 14.1. The van der Waals surface area contributed by atoms with Gasteiger partial charge in [0.2, 0.25) is 16.6 Å². The summed E-state index contributed by atoms with van der Waals surface area (Å²) in [6.07, 6.45) is 0.524. The van der Waals surface area contributed by atoms with Gasteiger partial charge in [-0.05, 0) is 44.8 Å². The summed E-state index contributed by atoms with van der Waals surface area (Å²) in [7, 11) is -3.68. The molecule has 0 aliphatic rings. The molecule has 1 aromatic rings. The largest absolute Gasteiger partial charge is 0.535 e. The van der Waals surface area contributed by atoms with E-state index in [0.29, 0.717) is 12.3 Å². The van der Waals surface area contributed by atoms with Crippen molar-refractivity contribution in [3.05, 3.63) is 35.9 Å². The highest BCUT2D eigenvalue weighted by Gasteiger charge is 2.27. The van der Waals surface area contributed by atoms with E-state index in [9.17, 15) is 4.79 Å². The Bertz CT molecular complexity index is 545. The molecule has 0 bridgehead atoms. The van der Waals surface area contributed by atoms with Gasteiger partial charge in [-0.3, -0.25) is 4.79 Å². The van der Waals surface area contributed by atoms with E-state index in [1.807, 2.05) is 56.9 Å². The SMILES string of the molecule is CC(=NC(Cc1ccccc1)C(=O)O[Si](C)(C)C)O[Si](C)(C)C. The first kappa shape index (κ1) is 19.6. The Morgan fingerprint density at radius 2 is 1.52 bits per heavy atom. The standard InChI is InChI=1S/C17H29NO3Si2/c1-14(20-22(2,3)4)18-16(17(19)21-23(5,6)7)13-15-11-9-8-10-12-15/h8-12,16H,13H2,1-7H3. The van der Waals surface area contributed by atoms with E-state index in [2.05, 4.69) is 24.6 Å². The Morgan fingerprint density at radius 3 is 2.00 bits per heavy atom. The first-order chi connectivity index (χ1) is 10.5. The van der Waals surface area contributed by atoms with Crippen LogP contribution in [0.4, 0.5) is 0 Å². The monoisotopic (exact) mass is 351 g/mol. The summed E-state index contributed by atoms with van der Waals surface area (Å²) in [6, 6.07) is 9.33. The quantitative estimate of drug-likeness (QED) is 0.437. The number of carbonyl (C=O) groups is 1. The molecule has 0 N–H and O–H groups in total. The van der Waals surface area contributed by atoms with Gasteiger partial charge >= 0.3 is 5.97 Å². The van der Waals surface area contributed by atoms with Crippen LogP contribution in [-0.2, 0) is 20.1 Å². The molecule has 0 amide bonds. The van der Waals surface area contributed by atoms with E-state index in [1.54, 1.807) is 0 Å².